The summed E-state index contributed by atoms with van der Waals surface area (Å²) in [5.74, 6) is 0.514. The number of pyridine rings is 1. The number of aromatic nitrogens is 1. The normalized spacial score (nSPS) is 23.5. The van der Waals surface area contributed by atoms with Crippen LogP contribution in [0, 0.1) is 12.8 Å². The number of likely N-dealkylation sites (tertiary alicyclic amines) is 1. The van der Waals surface area contributed by atoms with E-state index < -0.39 is 0 Å². The van der Waals surface area contributed by atoms with Gasteiger partial charge in [-0.25, -0.2) is 4.79 Å². The third kappa shape index (κ3) is 4.17. The van der Waals surface area contributed by atoms with Crippen molar-refractivity contribution in [1.29, 1.82) is 0 Å². The Labute approximate surface area is 160 Å². The second kappa shape index (κ2) is 7.74. The predicted octanol–water partition coefficient (Wildman–Crippen LogP) is 1.62. The number of nitrogens with one attached hydrogen (secondary N) is 1. The zero-order valence-corrected chi connectivity index (χ0v) is 16.1. The van der Waals surface area contributed by atoms with Gasteiger partial charge in [0.1, 0.15) is 0 Å². The van der Waals surface area contributed by atoms with E-state index in [4.69, 9.17) is 0 Å². The third-order valence-corrected chi connectivity index (χ3v) is 5.88. The standard InChI is InChI=1S/C20H29N5O2/c1-15-12-21-6-5-18(15)23-7-2-8-24(10-9-23)20(27)22-13-16-11-19(26)25(14-16)17-3-4-17/h5-6,12,16-17H,2-4,7-11,13-14H2,1H3,(H,22,27). The molecule has 3 fully saturated rings. The molecule has 0 spiro atoms. The molecule has 1 aromatic heterocycles. The van der Waals surface area contributed by atoms with E-state index in [1.165, 1.54) is 11.3 Å². The number of nitrogens with zero attached hydrogens (tertiary/aromatic N) is 4. The van der Waals surface area contributed by atoms with Gasteiger partial charge in [0, 0.05) is 75.7 Å². The molecule has 2 saturated heterocycles. The van der Waals surface area contributed by atoms with Gasteiger partial charge < -0.3 is 20.0 Å². The van der Waals surface area contributed by atoms with Gasteiger partial charge in [0.25, 0.3) is 0 Å². The Morgan fingerprint density at radius 1 is 1.26 bits per heavy atom. The minimum atomic E-state index is 0.000575. The van der Waals surface area contributed by atoms with Crippen LogP contribution in [-0.2, 0) is 4.79 Å². The van der Waals surface area contributed by atoms with Crippen molar-refractivity contribution in [3.05, 3.63) is 24.0 Å². The number of aryl methyl sites for hydroxylation is 1. The van der Waals surface area contributed by atoms with Gasteiger partial charge >= 0.3 is 6.03 Å². The Balaban J connectivity index is 1.26. The van der Waals surface area contributed by atoms with E-state index in [-0.39, 0.29) is 17.9 Å². The van der Waals surface area contributed by atoms with Crippen molar-refractivity contribution in [1.82, 2.24) is 20.1 Å². The number of hydrogen-bond acceptors (Lipinski definition) is 4. The van der Waals surface area contributed by atoms with Crippen LogP contribution >= 0.6 is 0 Å². The van der Waals surface area contributed by atoms with Crippen LogP contribution in [0.25, 0.3) is 0 Å². The second-order valence-electron chi connectivity index (χ2n) is 8.02. The van der Waals surface area contributed by atoms with E-state index in [1.807, 2.05) is 28.3 Å². The first-order chi connectivity index (χ1) is 13.1. The van der Waals surface area contributed by atoms with E-state index in [0.29, 0.717) is 25.6 Å². The van der Waals surface area contributed by atoms with Gasteiger partial charge in [-0.2, -0.15) is 0 Å². The van der Waals surface area contributed by atoms with E-state index >= 15 is 0 Å². The fourth-order valence-electron chi connectivity index (χ4n) is 4.21. The number of hydrogen-bond donors (Lipinski definition) is 1. The highest BCUT2D eigenvalue weighted by Crippen LogP contribution is 2.32. The molecule has 146 valence electrons. The first kappa shape index (κ1) is 18.1. The van der Waals surface area contributed by atoms with E-state index in [1.54, 1.807) is 0 Å². The summed E-state index contributed by atoms with van der Waals surface area (Å²) in [5, 5.41) is 3.07. The molecule has 3 amide bonds. The smallest absolute Gasteiger partial charge is 0.317 e. The van der Waals surface area contributed by atoms with Crippen molar-refractivity contribution in [3.63, 3.8) is 0 Å². The Kier molecular flexibility index (Phi) is 5.18. The summed E-state index contributed by atoms with van der Waals surface area (Å²) in [6.45, 7) is 6.73. The SMILES string of the molecule is Cc1cnccc1N1CCCN(C(=O)NCC2CC(=O)N(C3CC3)C2)CC1. The molecule has 3 heterocycles. The molecule has 1 saturated carbocycles. The number of carbonyl (C=O) groups excluding carboxylic acids is 2. The molecular weight excluding hydrogens is 342 g/mol. The number of rotatable bonds is 4. The molecule has 7 heteroatoms. The van der Waals surface area contributed by atoms with Crippen LogP contribution in [0.3, 0.4) is 0 Å². The Hall–Kier alpha value is -2.31. The van der Waals surface area contributed by atoms with Crippen LogP contribution in [0.5, 0.6) is 0 Å². The third-order valence-electron chi connectivity index (χ3n) is 5.88. The Morgan fingerprint density at radius 3 is 2.89 bits per heavy atom. The first-order valence-electron chi connectivity index (χ1n) is 10.1. The van der Waals surface area contributed by atoms with Crippen molar-refractivity contribution in [3.8, 4) is 0 Å². The van der Waals surface area contributed by atoms with Gasteiger partial charge in [0.05, 0.1) is 0 Å². The summed E-state index contributed by atoms with van der Waals surface area (Å²) in [4.78, 5) is 35.1. The summed E-state index contributed by atoms with van der Waals surface area (Å²) in [6.07, 6.45) is 7.53. The number of amides is 3. The monoisotopic (exact) mass is 371 g/mol. The molecule has 2 aliphatic heterocycles. The largest absolute Gasteiger partial charge is 0.369 e. The van der Waals surface area contributed by atoms with E-state index in [0.717, 1.165) is 45.4 Å². The van der Waals surface area contributed by atoms with Crippen LogP contribution in [0.4, 0.5) is 10.5 Å². The van der Waals surface area contributed by atoms with Crippen molar-refractivity contribution in [2.45, 2.75) is 38.6 Å². The molecule has 27 heavy (non-hydrogen) atoms. The number of urea groups is 1. The fourth-order valence-corrected chi connectivity index (χ4v) is 4.21. The highest BCUT2D eigenvalue weighted by molar-refractivity contribution is 5.79. The summed E-state index contributed by atoms with van der Waals surface area (Å²) in [7, 11) is 0. The van der Waals surface area contributed by atoms with Crippen molar-refractivity contribution < 1.29 is 9.59 Å². The van der Waals surface area contributed by atoms with Gasteiger partial charge in [-0.1, -0.05) is 0 Å². The average Bonchev–Trinajstić information content (AvgIpc) is 3.46. The first-order valence-corrected chi connectivity index (χ1v) is 10.1. The maximum atomic E-state index is 12.6. The molecule has 1 aromatic rings. The molecule has 3 aliphatic rings. The summed E-state index contributed by atoms with van der Waals surface area (Å²) in [5.41, 5.74) is 2.37. The lowest BCUT2D eigenvalue weighted by Crippen LogP contribution is -2.44. The van der Waals surface area contributed by atoms with Crippen molar-refractivity contribution in [2.24, 2.45) is 5.92 Å². The molecule has 1 aliphatic carbocycles. The Bertz CT molecular complexity index is 705. The molecule has 0 radical (unpaired) electrons. The Morgan fingerprint density at radius 2 is 2.11 bits per heavy atom. The van der Waals surface area contributed by atoms with E-state index in [2.05, 4.69) is 22.1 Å². The lowest BCUT2D eigenvalue weighted by Gasteiger charge is -2.25. The quantitative estimate of drug-likeness (QED) is 0.873. The lowest BCUT2D eigenvalue weighted by molar-refractivity contribution is -0.128. The molecule has 1 unspecified atom stereocenters. The summed E-state index contributed by atoms with van der Waals surface area (Å²) in [6, 6.07) is 2.53. The molecule has 7 nitrogen and oxygen atoms in total. The van der Waals surface area contributed by atoms with Crippen LogP contribution in [-0.4, -0.2) is 72.0 Å². The van der Waals surface area contributed by atoms with Crippen LogP contribution in [0.2, 0.25) is 0 Å². The zero-order chi connectivity index (χ0) is 18.8. The molecule has 0 aromatic carbocycles. The average molecular weight is 371 g/mol. The minimum Gasteiger partial charge on any atom is -0.369 e. The predicted molar refractivity (Wildman–Crippen MR) is 104 cm³/mol. The van der Waals surface area contributed by atoms with Gasteiger partial charge in [-0.3, -0.25) is 9.78 Å². The van der Waals surface area contributed by atoms with Crippen molar-refractivity contribution in [2.75, 3.05) is 44.2 Å². The van der Waals surface area contributed by atoms with Gasteiger partial charge in [0.2, 0.25) is 5.91 Å². The van der Waals surface area contributed by atoms with Gasteiger partial charge in [-0.05, 0) is 37.8 Å². The maximum Gasteiger partial charge on any atom is 0.317 e. The molecule has 0 bridgehead atoms. The summed E-state index contributed by atoms with van der Waals surface area (Å²) >= 11 is 0. The highest BCUT2D eigenvalue weighted by Gasteiger charge is 2.39. The van der Waals surface area contributed by atoms with E-state index in [9.17, 15) is 9.59 Å². The number of anilines is 1. The second-order valence-corrected chi connectivity index (χ2v) is 8.02. The van der Waals surface area contributed by atoms with Crippen LogP contribution in [0.15, 0.2) is 18.5 Å². The van der Waals surface area contributed by atoms with Crippen LogP contribution < -0.4 is 10.2 Å². The molecule has 1 N–H and O–H groups in total. The minimum absolute atomic E-state index is 0.000575. The molecule has 1 atom stereocenters. The summed E-state index contributed by atoms with van der Waals surface area (Å²) < 4.78 is 0. The van der Waals surface area contributed by atoms with Crippen molar-refractivity contribution >= 4 is 17.6 Å². The van der Waals surface area contributed by atoms with Gasteiger partial charge in [0.15, 0.2) is 0 Å². The maximum absolute atomic E-state index is 12.6. The fraction of sp³-hybridized carbons (Fsp3) is 0.650. The van der Waals surface area contributed by atoms with Crippen LogP contribution in [0.1, 0.15) is 31.2 Å². The zero-order valence-electron chi connectivity index (χ0n) is 16.1. The number of carbonyl (C=O) groups is 2. The molecular formula is C20H29N5O2. The van der Waals surface area contributed by atoms with Gasteiger partial charge in [-0.15, -0.1) is 0 Å². The topological polar surface area (TPSA) is 68.8 Å². The lowest BCUT2D eigenvalue weighted by atomic mass is 10.1. The molecule has 4 rings (SSSR count). The highest BCUT2D eigenvalue weighted by atomic mass is 16.2.